The van der Waals surface area contributed by atoms with E-state index in [2.05, 4.69) is 38.5 Å². The molecule has 0 aliphatic carbocycles. The molecule has 4 atom stereocenters. The van der Waals surface area contributed by atoms with E-state index in [0.717, 1.165) is 32.9 Å². The first-order valence-electron chi connectivity index (χ1n) is 13.7. The highest BCUT2D eigenvalue weighted by Crippen LogP contribution is 2.20. The number of thiol groups is 1. The number of carboxylic acids is 1. The molecular formula is C30H36N6O5S. The third kappa shape index (κ3) is 7.12. The van der Waals surface area contributed by atoms with Crippen LogP contribution in [0.4, 0.5) is 0 Å². The molecule has 0 spiro atoms. The number of aliphatic carboxylic acids is 1. The SMILES string of the molecule is CC(C)C(NC(=O)C(N)Cc1c[nH]c2ccccc12)C(=O)NC(CS)C(=O)NC(Cc1c[nH]c2ccccc12)C(=O)O. The molecule has 12 heteroatoms. The summed E-state index contributed by atoms with van der Waals surface area (Å²) in [7, 11) is 0. The first-order valence-corrected chi connectivity index (χ1v) is 14.3. The Morgan fingerprint density at radius 3 is 1.83 bits per heavy atom. The van der Waals surface area contributed by atoms with Crippen molar-refractivity contribution in [2.45, 2.75) is 50.9 Å². The number of fused-ring (bicyclic) bond motifs is 2. The van der Waals surface area contributed by atoms with E-state index >= 15 is 0 Å². The molecule has 4 aromatic rings. The number of aromatic nitrogens is 2. The highest BCUT2D eigenvalue weighted by atomic mass is 32.1. The van der Waals surface area contributed by atoms with Gasteiger partial charge in [-0.15, -0.1) is 0 Å². The normalized spacial score (nSPS) is 14.3. The lowest BCUT2D eigenvalue weighted by molar-refractivity contribution is -0.142. The summed E-state index contributed by atoms with van der Waals surface area (Å²) < 4.78 is 0. The van der Waals surface area contributed by atoms with Crippen LogP contribution in [0.1, 0.15) is 25.0 Å². The summed E-state index contributed by atoms with van der Waals surface area (Å²) in [6.07, 6.45) is 3.82. The number of nitrogens with one attached hydrogen (secondary N) is 5. The van der Waals surface area contributed by atoms with Gasteiger partial charge < -0.3 is 36.8 Å². The minimum absolute atomic E-state index is 0.0390. The van der Waals surface area contributed by atoms with Gasteiger partial charge in [0.25, 0.3) is 0 Å². The van der Waals surface area contributed by atoms with Gasteiger partial charge in [-0.2, -0.15) is 12.6 Å². The maximum atomic E-state index is 13.2. The van der Waals surface area contributed by atoms with Crippen molar-refractivity contribution in [2.75, 3.05) is 5.75 Å². The second-order valence-corrected chi connectivity index (χ2v) is 11.0. The molecule has 0 fully saturated rings. The fraction of sp³-hybridized carbons (Fsp3) is 0.333. The molecule has 2 heterocycles. The molecule has 4 rings (SSSR count). The summed E-state index contributed by atoms with van der Waals surface area (Å²) in [5.41, 5.74) is 9.60. The summed E-state index contributed by atoms with van der Waals surface area (Å²) in [4.78, 5) is 57.5. The van der Waals surface area contributed by atoms with Gasteiger partial charge in [0, 0.05) is 46.4 Å². The van der Waals surface area contributed by atoms with Crippen LogP contribution in [0, 0.1) is 5.92 Å². The summed E-state index contributed by atoms with van der Waals surface area (Å²) in [5.74, 6) is -3.44. The molecule has 42 heavy (non-hydrogen) atoms. The van der Waals surface area contributed by atoms with E-state index in [1.54, 1.807) is 20.0 Å². The number of nitrogens with two attached hydrogens (primary N) is 1. The van der Waals surface area contributed by atoms with Crippen LogP contribution in [-0.2, 0) is 32.0 Å². The molecule has 0 bridgehead atoms. The number of amides is 3. The highest BCUT2D eigenvalue weighted by Gasteiger charge is 2.31. The third-order valence-corrected chi connectivity index (χ3v) is 7.59. The summed E-state index contributed by atoms with van der Waals surface area (Å²) in [5, 5.41) is 19.5. The van der Waals surface area contributed by atoms with E-state index < -0.39 is 47.9 Å². The van der Waals surface area contributed by atoms with E-state index in [0.29, 0.717) is 0 Å². The molecule has 0 radical (unpaired) electrons. The van der Waals surface area contributed by atoms with E-state index in [1.165, 1.54) is 0 Å². The van der Waals surface area contributed by atoms with Crippen molar-refractivity contribution in [2.24, 2.45) is 11.7 Å². The number of para-hydroxylation sites is 2. The van der Waals surface area contributed by atoms with Gasteiger partial charge in [0.1, 0.15) is 18.1 Å². The van der Waals surface area contributed by atoms with Gasteiger partial charge in [0.15, 0.2) is 0 Å². The van der Waals surface area contributed by atoms with Crippen molar-refractivity contribution in [1.29, 1.82) is 0 Å². The van der Waals surface area contributed by atoms with Crippen LogP contribution in [0.15, 0.2) is 60.9 Å². The Bertz CT molecular complexity index is 1580. The number of carboxylic acid groups (broad SMARTS) is 1. The third-order valence-electron chi connectivity index (χ3n) is 7.23. The van der Waals surface area contributed by atoms with E-state index in [4.69, 9.17) is 5.73 Å². The predicted molar refractivity (Wildman–Crippen MR) is 164 cm³/mol. The second kappa shape index (κ2) is 13.6. The van der Waals surface area contributed by atoms with Crippen molar-refractivity contribution in [1.82, 2.24) is 25.9 Å². The fourth-order valence-electron chi connectivity index (χ4n) is 4.87. The molecule has 2 aromatic carbocycles. The lowest BCUT2D eigenvalue weighted by Gasteiger charge is -2.26. The Balaban J connectivity index is 1.38. The predicted octanol–water partition coefficient (Wildman–Crippen LogP) is 1.89. The summed E-state index contributed by atoms with van der Waals surface area (Å²) >= 11 is 4.20. The maximum absolute atomic E-state index is 13.2. The van der Waals surface area contributed by atoms with Crippen LogP contribution in [0.3, 0.4) is 0 Å². The Hall–Kier alpha value is -4.29. The van der Waals surface area contributed by atoms with Gasteiger partial charge in [-0.1, -0.05) is 50.2 Å². The highest BCUT2D eigenvalue weighted by molar-refractivity contribution is 7.80. The van der Waals surface area contributed by atoms with Crippen LogP contribution in [0.5, 0.6) is 0 Å². The zero-order valence-electron chi connectivity index (χ0n) is 23.4. The molecule has 0 saturated carbocycles. The largest absolute Gasteiger partial charge is 0.480 e. The number of hydrogen-bond donors (Lipinski definition) is 8. The first-order chi connectivity index (χ1) is 20.1. The smallest absolute Gasteiger partial charge is 0.326 e. The molecule has 0 aliphatic rings. The van der Waals surface area contributed by atoms with E-state index in [9.17, 15) is 24.3 Å². The van der Waals surface area contributed by atoms with Gasteiger partial charge in [-0.25, -0.2) is 4.79 Å². The van der Waals surface area contributed by atoms with Gasteiger partial charge in [0.05, 0.1) is 6.04 Å². The zero-order chi connectivity index (χ0) is 30.4. The molecular weight excluding hydrogens is 556 g/mol. The van der Waals surface area contributed by atoms with Crippen LogP contribution >= 0.6 is 12.6 Å². The Morgan fingerprint density at radius 2 is 1.31 bits per heavy atom. The topological polar surface area (TPSA) is 182 Å². The number of benzene rings is 2. The Kier molecular flexibility index (Phi) is 9.92. The molecule has 4 unspecified atom stereocenters. The quantitative estimate of drug-likeness (QED) is 0.110. The second-order valence-electron chi connectivity index (χ2n) is 10.6. The van der Waals surface area contributed by atoms with Gasteiger partial charge >= 0.3 is 5.97 Å². The molecule has 0 saturated heterocycles. The minimum Gasteiger partial charge on any atom is -0.480 e. The van der Waals surface area contributed by atoms with Crippen molar-refractivity contribution in [3.8, 4) is 0 Å². The number of H-pyrrole nitrogens is 2. The Morgan fingerprint density at radius 1 is 0.786 bits per heavy atom. The van der Waals surface area contributed by atoms with Crippen molar-refractivity contribution < 1.29 is 24.3 Å². The van der Waals surface area contributed by atoms with Crippen LogP contribution in [0.2, 0.25) is 0 Å². The fourth-order valence-corrected chi connectivity index (χ4v) is 5.13. The number of hydrogen-bond acceptors (Lipinski definition) is 6. The van der Waals surface area contributed by atoms with Crippen molar-refractivity contribution in [3.05, 3.63) is 72.1 Å². The maximum Gasteiger partial charge on any atom is 0.326 e. The molecule has 8 N–H and O–H groups in total. The van der Waals surface area contributed by atoms with Crippen molar-refractivity contribution in [3.63, 3.8) is 0 Å². The zero-order valence-corrected chi connectivity index (χ0v) is 24.3. The summed E-state index contributed by atoms with van der Waals surface area (Å²) in [6.45, 7) is 3.51. The molecule has 11 nitrogen and oxygen atoms in total. The van der Waals surface area contributed by atoms with Crippen LogP contribution in [0.25, 0.3) is 21.8 Å². The average Bonchev–Trinajstić information content (AvgIpc) is 3.57. The van der Waals surface area contributed by atoms with Gasteiger partial charge in [-0.3, -0.25) is 14.4 Å². The lowest BCUT2D eigenvalue weighted by atomic mass is 10.0. The molecule has 2 aromatic heterocycles. The monoisotopic (exact) mass is 592 g/mol. The number of rotatable bonds is 13. The Labute approximate surface area is 248 Å². The standard InChI is InChI=1S/C30H36N6O5S/c1-16(2)26(36-27(37)21(31)11-17-13-32-22-9-5-3-7-19(17)22)29(39)35-25(15-42)28(38)34-24(30(40)41)12-18-14-33-23-10-6-4-8-20(18)23/h3-10,13-14,16,21,24-26,32-33,42H,11-12,15,31H2,1-2H3,(H,34,38)(H,35,39)(H,36,37)(H,40,41). The van der Waals surface area contributed by atoms with E-state index in [1.807, 2.05) is 54.7 Å². The number of carbonyl (C=O) groups excluding carboxylic acids is 3. The van der Waals surface area contributed by atoms with Crippen molar-refractivity contribution >= 4 is 58.1 Å². The van der Waals surface area contributed by atoms with E-state index in [-0.39, 0.29) is 24.5 Å². The first kappa shape index (κ1) is 30.7. The van der Waals surface area contributed by atoms with Gasteiger partial charge in [-0.05, 0) is 35.6 Å². The van der Waals surface area contributed by atoms with Gasteiger partial charge in [0.2, 0.25) is 17.7 Å². The lowest BCUT2D eigenvalue weighted by Crippen LogP contribution is -2.59. The summed E-state index contributed by atoms with van der Waals surface area (Å²) in [6, 6.07) is 10.9. The molecule has 222 valence electrons. The molecule has 0 aliphatic heterocycles. The number of carbonyl (C=O) groups is 4. The number of aromatic amines is 2. The minimum atomic E-state index is -1.24. The molecule has 3 amide bonds. The van der Waals surface area contributed by atoms with Crippen LogP contribution < -0.4 is 21.7 Å². The average molecular weight is 593 g/mol. The van der Waals surface area contributed by atoms with Crippen LogP contribution in [-0.4, -0.2) is 68.7 Å².